The third-order valence-corrected chi connectivity index (χ3v) is 8.79. The number of likely N-dealkylation sites (N-methyl/N-ethyl adjacent to an activating group) is 1. The molecule has 210 valence electrons. The van der Waals surface area contributed by atoms with Crippen LogP contribution in [0.4, 0.5) is 10.1 Å². The molecular formula is C28H29ClFN5O5. The van der Waals surface area contributed by atoms with Crippen molar-refractivity contribution in [2.75, 3.05) is 13.6 Å². The lowest BCUT2D eigenvalue weighted by Gasteiger charge is -2.43. The minimum absolute atomic E-state index is 0.0351. The smallest absolute Gasteiger partial charge is 0.287 e. The molecule has 0 amide bonds. The summed E-state index contributed by atoms with van der Waals surface area (Å²) >= 11 is 6.22. The second kappa shape index (κ2) is 10.8. The van der Waals surface area contributed by atoms with Crippen LogP contribution in [0.5, 0.6) is 5.88 Å². The van der Waals surface area contributed by atoms with Crippen molar-refractivity contribution in [3.8, 4) is 11.9 Å². The van der Waals surface area contributed by atoms with Crippen LogP contribution in [-0.4, -0.2) is 63.3 Å². The first-order valence-corrected chi connectivity index (χ1v) is 13.8. The van der Waals surface area contributed by atoms with Crippen LogP contribution in [-0.2, 0) is 16.6 Å². The molecule has 0 N–H and O–H groups in total. The van der Waals surface area contributed by atoms with Gasteiger partial charge in [-0.05, 0) is 63.6 Å². The summed E-state index contributed by atoms with van der Waals surface area (Å²) < 4.78 is 19.8. The third kappa shape index (κ3) is 4.84. The number of nitriles is 1. The molecule has 0 bridgehead atoms. The zero-order valence-corrected chi connectivity index (χ0v) is 23.0. The number of hydrogen-bond acceptors (Lipinski definition) is 9. The molecule has 2 aromatic rings. The van der Waals surface area contributed by atoms with Gasteiger partial charge in [0.05, 0.1) is 16.3 Å². The number of halogens is 2. The summed E-state index contributed by atoms with van der Waals surface area (Å²) in [7, 11) is 1.81. The minimum atomic E-state index is -1.17. The van der Waals surface area contributed by atoms with E-state index in [1.807, 2.05) is 18.0 Å². The number of carbonyl (C=O) groups is 2. The highest BCUT2D eigenvalue weighted by molar-refractivity contribution is 6.29. The van der Waals surface area contributed by atoms with Crippen LogP contribution < -0.4 is 4.74 Å². The predicted molar refractivity (Wildman–Crippen MR) is 142 cm³/mol. The molecule has 1 saturated carbocycles. The van der Waals surface area contributed by atoms with E-state index in [1.54, 1.807) is 13.0 Å². The van der Waals surface area contributed by atoms with Gasteiger partial charge in [-0.2, -0.15) is 10.2 Å². The molecule has 1 spiro atoms. The fourth-order valence-corrected chi connectivity index (χ4v) is 6.98. The summed E-state index contributed by atoms with van der Waals surface area (Å²) in [5.74, 6) is -2.29. The van der Waals surface area contributed by atoms with Crippen molar-refractivity contribution < 1.29 is 23.6 Å². The monoisotopic (exact) mass is 569 g/mol. The van der Waals surface area contributed by atoms with E-state index in [4.69, 9.17) is 16.3 Å². The number of nitrogens with zero attached hydrogens (tertiary/aromatic N) is 5. The van der Waals surface area contributed by atoms with Crippen LogP contribution in [0.1, 0.15) is 72.8 Å². The van der Waals surface area contributed by atoms with Gasteiger partial charge >= 0.3 is 0 Å². The largest absolute Gasteiger partial charge is 0.473 e. The average Bonchev–Trinajstić information content (AvgIpc) is 3.26. The number of nitro benzene ring substituents is 1. The van der Waals surface area contributed by atoms with Gasteiger partial charge in [0, 0.05) is 24.7 Å². The van der Waals surface area contributed by atoms with Crippen molar-refractivity contribution >= 4 is 28.9 Å². The Bertz CT molecular complexity index is 1430. The molecule has 12 heteroatoms. The lowest BCUT2D eigenvalue weighted by atomic mass is 9.57. The van der Waals surface area contributed by atoms with E-state index in [0.717, 1.165) is 5.56 Å². The highest BCUT2D eigenvalue weighted by Crippen LogP contribution is 2.50. The van der Waals surface area contributed by atoms with Crippen LogP contribution in [0.3, 0.4) is 0 Å². The van der Waals surface area contributed by atoms with E-state index in [2.05, 4.69) is 9.97 Å². The zero-order chi connectivity index (χ0) is 28.8. The second-order valence-electron chi connectivity index (χ2n) is 11.0. The number of fused-ring (bicyclic) bond motifs is 2. The molecule has 5 rings (SSSR count). The maximum atomic E-state index is 14.2. The number of rotatable bonds is 6. The van der Waals surface area contributed by atoms with E-state index in [1.165, 1.54) is 12.1 Å². The van der Waals surface area contributed by atoms with Gasteiger partial charge < -0.3 is 4.74 Å². The van der Waals surface area contributed by atoms with Crippen molar-refractivity contribution in [2.45, 2.75) is 75.6 Å². The molecule has 2 heterocycles. The van der Waals surface area contributed by atoms with Crippen LogP contribution in [0, 0.1) is 27.4 Å². The summed E-state index contributed by atoms with van der Waals surface area (Å²) in [5.41, 5.74) is -0.517. The van der Waals surface area contributed by atoms with E-state index < -0.39 is 34.3 Å². The molecule has 1 aromatic carbocycles. The van der Waals surface area contributed by atoms with Gasteiger partial charge in [0.2, 0.25) is 17.5 Å². The van der Waals surface area contributed by atoms with Crippen molar-refractivity contribution in [1.29, 1.82) is 5.26 Å². The quantitative estimate of drug-likeness (QED) is 0.161. The number of likely N-dealkylation sites (tertiary alicyclic amines) is 1. The number of benzene rings is 1. The fourth-order valence-electron chi connectivity index (χ4n) is 6.81. The topological polar surface area (TPSA) is 139 Å². The van der Waals surface area contributed by atoms with Gasteiger partial charge in [-0.15, -0.1) is 0 Å². The summed E-state index contributed by atoms with van der Waals surface area (Å²) in [6, 6.07) is 6.08. The second-order valence-corrected chi connectivity index (χ2v) is 11.4. The summed E-state index contributed by atoms with van der Waals surface area (Å²) in [6.45, 7) is 2.09. The van der Waals surface area contributed by atoms with Gasteiger partial charge in [0.1, 0.15) is 29.1 Å². The van der Waals surface area contributed by atoms with Crippen LogP contribution >= 0.6 is 11.6 Å². The Kier molecular flexibility index (Phi) is 7.59. The number of ether oxygens (including phenoxy) is 1. The number of aromatic nitrogens is 2. The number of nitro groups is 1. The molecule has 1 aliphatic heterocycles. The first kappa shape index (κ1) is 28.1. The molecule has 1 aromatic heterocycles. The maximum absolute atomic E-state index is 14.2. The van der Waals surface area contributed by atoms with E-state index in [0.29, 0.717) is 50.6 Å². The zero-order valence-electron chi connectivity index (χ0n) is 22.2. The van der Waals surface area contributed by atoms with Gasteiger partial charge in [0.15, 0.2) is 5.78 Å². The fraction of sp³-hybridized carbons (Fsp3) is 0.536. The Hall–Kier alpha value is -3.49. The minimum Gasteiger partial charge on any atom is -0.473 e. The standard InChI is InChI=1S/C28H29ClFN5O5/c1-15(21-11-17(30)14-34(21)2)40-23-12-22(29)32-27(33-23)25(36)18-6-4-10-28(26(18)37)9-3-5-16-7-8-20(35(38)39)19(13-31)24(16)28/h7-8,12,15,17-18,21H,3-6,9-11,14H2,1-2H3/t15-,17+,18?,21-,28?/m0/s1. The molecular weight excluding hydrogens is 541 g/mol. The molecule has 2 aliphatic carbocycles. The van der Waals surface area contributed by atoms with Crippen molar-refractivity contribution in [1.82, 2.24) is 14.9 Å². The highest BCUT2D eigenvalue weighted by atomic mass is 35.5. The highest BCUT2D eigenvalue weighted by Gasteiger charge is 2.52. The van der Waals surface area contributed by atoms with Crippen molar-refractivity contribution in [3.05, 3.63) is 56.0 Å². The average molecular weight is 570 g/mol. The number of hydrogen-bond donors (Lipinski definition) is 0. The Balaban J connectivity index is 1.46. The summed E-state index contributed by atoms with van der Waals surface area (Å²) in [5, 5.41) is 21.6. The van der Waals surface area contributed by atoms with E-state index >= 15 is 0 Å². The predicted octanol–water partition coefficient (Wildman–Crippen LogP) is 4.55. The number of alkyl halides is 1. The maximum Gasteiger partial charge on any atom is 0.287 e. The SMILES string of the molecule is C[C@H](Oc1cc(Cl)nc(C(=O)C2CCCC3(CCCc4ccc([N+](=O)[O-])c(C#N)c43)C2=O)n1)[C@@H]1C[C@@H](F)CN1C. The molecule has 0 radical (unpaired) electrons. The van der Waals surface area contributed by atoms with Crippen LogP contribution in [0.2, 0.25) is 5.15 Å². The van der Waals surface area contributed by atoms with Crippen LogP contribution in [0.25, 0.3) is 0 Å². The molecule has 2 unspecified atom stereocenters. The third-order valence-electron chi connectivity index (χ3n) is 8.60. The lowest BCUT2D eigenvalue weighted by molar-refractivity contribution is -0.385. The van der Waals surface area contributed by atoms with Gasteiger partial charge in [-0.1, -0.05) is 24.1 Å². The first-order chi connectivity index (χ1) is 19.1. The number of ketones is 2. The Morgan fingerprint density at radius 3 is 2.77 bits per heavy atom. The molecule has 5 atom stereocenters. The van der Waals surface area contributed by atoms with Crippen molar-refractivity contribution in [2.24, 2.45) is 5.92 Å². The Morgan fingerprint density at radius 2 is 2.10 bits per heavy atom. The lowest BCUT2D eigenvalue weighted by Crippen LogP contribution is -2.48. The van der Waals surface area contributed by atoms with Crippen molar-refractivity contribution in [3.63, 3.8) is 0 Å². The first-order valence-electron chi connectivity index (χ1n) is 13.4. The molecule has 40 heavy (non-hydrogen) atoms. The number of aryl methyl sites for hydroxylation is 1. The molecule has 3 aliphatic rings. The summed E-state index contributed by atoms with van der Waals surface area (Å²) in [4.78, 5) is 49.2. The number of Topliss-reactive ketones (excluding diaryl/α,β-unsaturated/α-hetero) is 2. The normalized spacial score (nSPS) is 27.2. The van der Waals surface area contributed by atoms with Gasteiger partial charge in [0.25, 0.3) is 5.69 Å². The number of carbonyl (C=O) groups excluding carboxylic acids is 2. The van der Waals surface area contributed by atoms with E-state index in [9.17, 15) is 29.4 Å². The molecule has 10 nitrogen and oxygen atoms in total. The molecule has 2 fully saturated rings. The Morgan fingerprint density at radius 1 is 1.35 bits per heavy atom. The Labute approximate surface area is 235 Å². The van der Waals surface area contributed by atoms with Gasteiger partial charge in [-0.25, -0.2) is 9.37 Å². The molecule has 1 saturated heterocycles. The van der Waals surface area contributed by atoms with Crippen LogP contribution in [0.15, 0.2) is 18.2 Å². The van der Waals surface area contributed by atoms with Gasteiger partial charge in [-0.3, -0.25) is 24.6 Å². The summed E-state index contributed by atoms with van der Waals surface area (Å²) in [6.07, 6.45) is 1.71. The van der Waals surface area contributed by atoms with E-state index in [-0.39, 0.29) is 46.4 Å².